The normalized spacial score (nSPS) is 9.86. The van der Waals surface area contributed by atoms with Gasteiger partial charge < -0.3 is 11.1 Å². The highest BCUT2D eigenvalue weighted by Crippen LogP contribution is 2.19. The van der Waals surface area contributed by atoms with E-state index < -0.39 is 11.7 Å². The Balaban J connectivity index is 2.08. The molecule has 0 aliphatic heterocycles. The van der Waals surface area contributed by atoms with Crippen molar-refractivity contribution >= 4 is 28.8 Å². The first-order valence-electron chi connectivity index (χ1n) is 6.11. The quantitative estimate of drug-likeness (QED) is 0.854. The lowest BCUT2D eigenvalue weighted by molar-refractivity contribution is 0.0947. The van der Waals surface area contributed by atoms with Crippen molar-refractivity contribution in [1.29, 1.82) is 0 Å². The Bertz CT molecular complexity index is 718. The standard InChI is InChI=1S/C15H12ClFN2OS/c16-12-5-1-4-11(14(12)17)15(20)19-9-13-10(3-2-7-18)6-8-21-13/h1,4-6,8H,7,9,18H2,(H,19,20). The molecule has 21 heavy (non-hydrogen) atoms. The molecule has 6 heteroatoms. The fourth-order valence-electron chi connectivity index (χ4n) is 1.67. The van der Waals surface area contributed by atoms with Crippen LogP contribution in [0.1, 0.15) is 20.8 Å². The highest BCUT2D eigenvalue weighted by Gasteiger charge is 2.14. The summed E-state index contributed by atoms with van der Waals surface area (Å²) in [4.78, 5) is 12.9. The molecule has 0 aliphatic carbocycles. The van der Waals surface area contributed by atoms with Gasteiger partial charge in [-0.3, -0.25) is 4.79 Å². The predicted octanol–water partition coefficient (Wildman–Crippen LogP) is 2.78. The van der Waals surface area contributed by atoms with Gasteiger partial charge in [0.15, 0.2) is 5.82 Å². The number of thiophene rings is 1. The minimum Gasteiger partial charge on any atom is -0.347 e. The summed E-state index contributed by atoms with van der Waals surface area (Å²) in [7, 11) is 0. The van der Waals surface area contributed by atoms with Crippen LogP contribution in [0.3, 0.4) is 0 Å². The largest absolute Gasteiger partial charge is 0.347 e. The lowest BCUT2D eigenvalue weighted by Crippen LogP contribution is -2.23. The lowest BCUT2D eigenvalue weighted by Gasteiger charge is -2.06. The maximum atomic E-state index is 13.7. The zero-order valence-corrected chi connectivity index (χ0v) is 12.5. The van der Waals surface area contributed by atoms with E-state index in [4.69, 9.17) is 17.3 Å². The van der Waals surface area contributed by atoms with E-state index in [0.29, 0.717) is 0 Å². The minimum atomic E-state index is -0.717. The first-order valence-corrected chi connectivity index (χ1v) is 7.36. The molecule has 0 aliphatic rings. The van der Waals surface area contributed by atoms with Crippen molar-refractivity contribution in [2.24, 2.45) is 5.73 Å². The second-order valence-electron chi connectivity index (χ2n) is 4.05. The Morgan fingerprint density at radius 3 is 3.00 bits per heavy atom. The van der Waals surface area contributed by atoms with E-state index in [-0.39, 0.29) is 23.7 Å². The molecule has 0 atom stereocenters. The molecule has 2 aromatic rings. The van der Waals surface area contributed by atoms with E-state index in [2.05, 4.69) is 17.2 Å². The first kappa shape index (κ1) is 15.5. The van der Waals surface area contributed by atoms with Gasteiger partial charge in [-0.1, -0.05) is 29.5 Å². The van der Waals surface area contributed by atoms with Gasteiger partial charge in [0.05, 0.1) is 23.7 Å². The average molecular weight is 323 g/mol. The van der Waals surface area contributed by atoms with E-state index in [1.54, 1.807) is 0 Å². The molecule has 0 radical (unpaired) electrons. The SMILES string of the molecule is NCC#Cc1ccsc1CNC(=O)c1cccc(Cl)c1F. The molecule has 1 aromatic heterocycles. The van der Waals surface area contributed by atoms with Crippen LogP contribution in [0.15, 0.2) is 29.6 Å². The number of nitrogens with one attached hydrogen (secondary N) is 1. The number of halogens is 2. The second-order valence-corrected chi connectivity index (χ2v) is 5.46. The van der Waals surface area contributed by atoms with Gasteiger partial charge in [-0.05, 0) is 23.6 Å². The van der Waals surface area contributed by atoms with Gasteiger partial charge >= 0.3 is 0 Å². The van der Waals surface area contributed by atoms with Crippen LogP contribution < -0.4 is 11.1 Å². The van der Waals surface area contributed by atoms with Gasteiger partial charge in [0.2, 0.25) is 0 Å². The van der Waals surface area contributed by atoms with E-state index >= 15 is 0 Å². The van der Waals surface area contributed by atoms with Crippen LogP contribution in [0.25, 0.3) is 0 Å². The van der Waals surface area contributed by atoms with Gasteiger partial charge in [-0.25, -0.2) is 4.39 Å². The maximum absolute atomic E-state index is 13.7. The second kappa shape index (κ2) is 7.23. The van der Waals surface area contributed by atoms with Crippen LogP contribution in [0, 0.1) is 17.7 Å². The first-order chi connectivity index (χ1) is 10.1. The summed E-state index contributed by atoms with van der Waals surface area (Å²) in [5, 5.41) is 4.46. The molecule has 0 spiro atoms. The molecule has 0 bridgehead atoms. The zero-order valence-electron chi connectivity index (χ0n) is 11.0. The molecule has 1 aromatic carbocycles. The molecule has 0 saturated carbocycles. The maximum Gasteiger partial charge on any atom is 0.254 e. The van der Waals surface area contributed by atoms with E-state index in [9.17, 15) is 9.18 Å². The molecular formula is C15H12ClFN2OS. The zero-order chi connectivity index (χ0) is 15.2. The number of hydrogen-bond donors (Lipinski definition) is 2. The summed E-state index contributed by atoms with van der Waals surface area (Å²) in [5.41, 5.74) is 6.07. The van der Waals surface area contributed by atoms with Crippen molar-refractivity contribution in [1.82, 2.24) is 5.32 Å². The van der Waals surface area contributed by atoms with E-state index in [1.165, 1.54) is 29.5 Å². The highest BCUT2D eigenvalue weighted by molar-refractivity contribution is 7.10. The molecule has 0 fully saturated rings. The van der Waals surface area contributed by atoms with Crippen molar-refractivity contribution in [3.63, 3.8) is 0 Å². The van der Waals surface area contributed by atoms with E-state index in [1.807, 2.05) is 11.4 Å². The number of carbonyl (C=O) groups excluding carboxylic acids is 1. The Morgan fingerprint density at radius 1 is 1.43 bits per heavy atom. The number of benzene rings is 1. The van der Waals surface area contributed by atoms with Gasteiger partial charge in [0.1, 0.15) is 0 Å². The number of nitrogens with two attached hydrogens (primary N) is 1. The molecular weight excluding hydrogens is 311 g/mol. The van der Waals surface area contributed by atoms with Crippen molar-refractivity contribution in [3.8, 4) is 11.8 Å². The number of hydrogen-bond acceptors (Lipinski definition) is 3. The number of carbonyl (C=O) groups is 1. The molecule has 3 nitrogen and oxygen atoms in total. The molecule has 3 N–H and O–H groups in total. The molecule has 0 unspecified atom stereocenters. The summed E-state index contributed by atoms with van der Waals surface area (Å²) in [6, 6.07) is 6.17. The minimum absolute atomic E-state index is 0.0753. The Hall–Kier alpha value is -1.87. The van der Waals surface area contributed by atoms with Crippen LogP contribution in [0.4, 0.5) is 4.39 Å². The van der Waals surface area contributed by atoms with Crippen LogP contribution in [0.5, 0.6) is 0 Å². The number of rotatable bonds is 3. The summed E-state index contributed by atoms with van der Waals surface area (Å²) < 4.78 is 13.7. The highest BCUT2D eigenvalue weighted by atomic mass is 35.5. The monoisotopic (exact) mass is 322 g/mol. The van der Waals surface area contributed by atoms with Crippen molar-refractivity contribution in [3.05, 3.63) is 56.5 Å². The van der Waals surface area contributed by atoms with Gasteiger partial charge in [-0.15, -0.1) is 11.3 Å². The van der Waals surface area contributed by atoms with Gasteiger partial charge in [0.25, 0.3) is 5.91 Å². The molecule has 2 rings (SSSR count). The topological polar surface area (TPSA) is 55.1 Å². The molecule has 0 saturated heterocycles. The Kier molecular flexibility index (Phi) is 5.34. The third kappa shape index (κ3) is 3.82. The fourth-order valence-corrected chi connectivity index (χ4v) is 2.61. The van der Waals surface area contributed by atoms with Gasteiger partial charge in [0, 0.05) is 10.4 Å². The molecule has 108 valence electrons. The van der Waals surface area contributed by atoms with Crippen LogP contribution >= 0.6 is 22.9 Å². The average Bonchev–Trinajstić information content (AvgIpc) is 2.93. The molecule has 1 heterocycles. The Morgan fingerprint density at radius 2 is 2.24 bits per heavy atom. The predicted molar refractivity (Wildman–Crippen MR) is 82.8 cm³/mol. The summed E-state index contributed by atoms with van der Waals surface area (Å²) in [6.45, 7) is 0.548. The van der Waals surface area contributed by atoms with Crippen LogP contribution in [0.2, 0.25) is 5.02 Å². The van der Waals surface area contributed by atoms with Crippen LogP contribution in [-0.4, -0.2) is 12.5 Å². The molecule has 1 amide bonds. The number of amides is 1. The lowest BCUT2D eigenvalue weighted by atomic mass is 10.2. The third-order valence-electron chi connectivity index (χ3n) is 2.68. The third-order valence-corrected chi connectivity index (χ3v) is 3.89. The summed E-state index contributed by atoms with van der Waals surface area (Å²) >= 11 is 7.12. The van der Waals surface area contributed by atoms with Crippen molar-refractivity contribution in [2.45, 2.75) is 6.54 Å². The summed E-state index contributed by atoms with van der Waals surface area (Å²) in [6.07, 6.45) is 0. The van der Waals surface area contributed by atoms with E-state index in [0.717, 1.165) is 10.4 Å². The van der Waals surface area contributed by atoms with Crippen molar-refractivity contribution in [2.75, 3.05) is 6.54 Å². The van der Waals surface area contributed by atoms with Crippen LogP contribution in [-0.2, 0) is 6.54 Å². The smallest absolute Gasteiger partial charge is 0.254 e. The van der Waals surface area contributed by atoms with Gasteiger partial charge in [-0.2, -0.15) is 0 Å². The Labute approximate surface area is 130 Å². The fraction of sp³-hybridized carbons (Fsp3) is 0.133. The van der Waals surface area contributed by atoms with Crippen molar-refractivity contribution < 1.29 is 9.18 Å². The summed E-state index contributed by atoms with van der Waals surface area (Å²) in [5.74, 6) is 4.46.